The van der Waals surface area contributed by atoms with Crippen LogP contribution in [0.25, 0.3) is 0 Å². The molecule has 1 heterocycles. The van der Waals surface area contributed by atoms with Gasteiger partial charge in [-0.3, -0.25) is 14.3 Å². The molecule has 1 aromatic heterocycles. The standard InChI is InChI=1S/C8H9NO.CH4O3S/c1-7(10)6-8-2-4-9-5-3-8;1-5(2,3)4/h2-5H,6H2,1H3;1H3,(H,2,3,4). The largest absolute Gasteiger partial charge is 0.300 e. The van der Waals surface area contributed by atoms with Crippen molar-refractivity contribution in [3.63, 3.8) is 0 Å². The maximum absolute atomic E-state index is 10.6. The van der Waals surface area contributed by atoms with E-state index in [1.165, 1.54) is 0 Å². The fourth-order valence-corrected chi connectivity index (χ4v) is 0.788. The molecule has 84 valence electrons. The molecule has 0 fully saturated rings. The van der Waals surface area contributed by atoms with Crippen molar-refractivity contribution in [1.82, 2.24) is 4.98 Å². The van der Waals surface area contributed by atoms with Crippen LogP contribution in [0.1, 0.15) is 12.5 Å². The first kappa shape index (κ1) is 13.7. The van der Waals surface area contributed by atoms with Gasteiger partial charge in [0.15, 0.2) is 0 Å². The summed E-state index contributed by atoms with van der Waals surface area (Å²) in [5.41, 5.74) is 1.03. The Morgan fingerprint density at radius 2 is 1.80 bits per heavy atom. The number of hydrogen-bond donors (Lipinski definition) is 1. The predicted molar refractivity (Wildman–Crippen MR) is 56.1 cm³/mol. The van der Waals surface area contributed by atoms with E-state index in [1.54, 1.807) is 19.3 Å². The van der Waals surface area contributed by atoms with Crippen LogP contribution in [0.15, 0.2) is 24.5 Å². The van der Waals surface area contributed by atoms with Crippen molar-refractivity contribution in [3.05, 3.63) is 30.1 Å². The first-order valence-corrected chi connectivity index (χ1v) is 5.94. The van der Waals surface area contributed by atoms with E-state index in [2.05, 4.69) is 4.98 Å². The van der Waals surface area contributed by atoms with Crippen LogP contribution in [0.2, 0.25) is 0 Å². The van der Waals surface area contributed by atoms with E-state index in [-0.39, 0.29) is 5.78 Å². The lowest BCUT2D eigenvalue weighted by atomic mass is 10.1. The van der Waals surface area contributed by atoms with Crippen LogP contribution in [-0.4, -0.2) is 30.0 Å². The van der Waals surface area contributed by atoms with Crippen LogP contribution in [0.5, 0.6) is 0 Å². The first-order valence-electron chi connectivity index (χ1n) is 4.10. The van der Waals surface area contributed by atoms with Crippen molar-refractivity contribution in [2.24, 2.45) is 0 Å². The molecule has 0 saturated carbocycles. The molecule has 15 heavy (non-hydrogen) atoms. The van der Waals surface area contributed by atoms with Crippen LogP contribution in [0.3, 0.4) is 0 Å². The quantitative estimate of drug-likeness (QED) is 0.758. The highest BCUT2D eigenvalue weighted by molar-refractivity contribution is 7.85. The van der Waals surface area contributed by atoms with E-state index >= 15 is 0 Å². The Morgan fingerprint density at radius 3 is 2.13 bits per heavy atom. The van der Waals surface area contributed by atoms with Crippen LogP contribution in [0.4, 0.5) is 0 Å². The number of pyridine rings is 1. The molecule has 0 spiro atoms. The lowest BCUT2D eigenvalue weighted by molar-refractivity contribution is -0.116. The Bertz CT molecular complexity index is 391. The summed E-state index contributed by atoms with van der Waals surface area (Å²) in [5, 5.41) is 0. The summed E-state index contributed by atoms with van der Waals surface area (Å²) in [6, 6.07) is 3.70. The van der Waals surface area contributed by atoms with Crippen molar-refractivity contribution in [3.8, 4) is 0 Å². The van der Waals surface area contributed by atoms with Gasteiger partial charge >= 0.3 is 0 Å². The van der Waals surface area contributed by atoms with Crippen LogP contribution in [0, 0.1) is 0 Å². The maximum atomic E-state index is 10.6. The summed E-state index contributed by atoms with van der Waals surface area (Å²) >= 11 is 0. The summed E-state index contributed by atoms with van der Waals surface area (Å²) in [6.07, 6.45) is 4.62. The van der Waals surface area contributed by atoms with Gasteiger partial charge in [0.05, 0.1) is 6.26 Å². The van der Waals surface area contributed by atoms with Gasteiger partial charge in [0, 0.05) is 18.8 Å². The fourth-order valence-electron chi connectivity index (χ4n) is 0.788. The van der Waals surface area contributed by atoms with Crippen molar-refractivity contribution >= 4 is 15.9 Å². The highest BCUT2D eigenvalue weighted by Crippen LogP contribution is 1.96. The molecule has 0 atom stereocenters. The number of ketones is 1. The van der Waals surface area contributed by atoms with Gasteiger partial charge in [0.1, 0.15) is 5.78 Å². The van der Waals surface area contributed by atoms with Gasteiger partial charge in [0.2, 0.25) is 0 Å². The summed E-state index contributed by atoms with van der Waals surface area (Å²) < 4.78 is 25.9. The fraction of sp³-hybridized carbons (Fsp3) is 0.333. The van der Waals surface area contributed by atoms with E-state index in [9.17, 15) is 13.2 Å². The molecule has 0 aliphatic carbocycles. The topological polar surface area (TPSA) is 84.3 Å². The molecule has 0 aromatic carbocycles. The zero-order valence-electron chi connectivity index (χ0n) is 8.54. The Labute approximate surface area is 88.9 Å². The molecule has 1 N–H and O–H groups in total. The molecule has 0 aliphatic rings. The number of Topliss-reactive ketones (excluding diaryl/α,β-unsaturated/α-hetero) is 1. The van der Waals surface area contributed by atoms with E-state index in [0.717, 1.165) is 5.56 Å². The second-order valence-corrected chi connectivity index (χ2v) is 4.43. The number of aromatic nitrogens is 1. The number of nitrogens with zero attached hydrogens (tertiary/aromatic N) is 1. The van der Waals surface area contributed by atoms with Gasteiger partial charge in [-0.1, -0.05) is 0 Å². The van der Waals surface area contributed by atoms with E-state index < -0.39 is 10.1 Å². The molecular formula is C9H13NO4S. The molecule has 0 aliphatic heterocycles. The molecule has 5 nitrogen and oxygen atoms in total. The third-order valence-electron chi connectivity index (χ3n) is 1.20. The summed E-state index contributed by atoms with van der Waals surface area (Å²) in [7, 11) is -3.67. The highest BCUT2D eigenvalue weighted by atomic mass is 32.2. The Morgan fingerprint density at radius 1 is 1.40 bits per heavy atom. The molecule has 0 radical (unpaired) electrons. The van der Waals surface area contributed by atoms with Gasteiger partial charge in [0.25, 0.3) is 10.1 Å². The van der Waals surface area contributed by atoms with E-state index in [4.69, 9.17) is 4.55 Å². The minimum atomic E-state index is -3.67. The lowest BCUT2D eigenvalue weighted by Gasteiger charge is -1.93. The maximum Gasteiger partial charge on any atom is 0.261 e. The van der Waals surface area contributed by atoms with E-state index in [1.807, 2.05) is 12.1 Å². The molecule has 0 bridgehead atoms. The predicted octanol–water partition coefficient (Wildman–Crippen LogP) is 0.717. The number of hydrogen-bond acceptors (Lipinski definition) is 4. The van der Waals surface area contributed by atoms with Crippen LogP contribution >= 0.6 is 0 Å². The normalized spacial score (nSPS) is 10.1. The average Bonchev–Trinajstić information content (AvgIpc) is 2.01. The van der Waals surface area contributed by atoms with Crippen LogP contribution < -0.4 is 0 Å². The average molecular weight is 231 g/mol. The summed E-state index contributed by atoms with van der Waals surface area (Å²) in [6.45, 7) is 1.58. The molecule has 0 unspecified atom stereocenters. The van der Waals surface area contributed by atoms with Gasteiger partial charge in [-0.15, -0.1) is 0 Å². The molecule has 6 heteroatoms. The minimum Gasteiger partial charge on any atom is -0.300 e. The molecule has 0 saturated heterocycles. The van der Waals surface area contributed by atoms with Gasteiger partial charge in [-0.25, -0.2) is 0 Å². The van der Waals surface area contributed by atoms with Crippen LogP contribution in [-0.2, 0) is 21.3 Å². The molecule has 1 rings (SSSR count). The summed E-state index contributed by atoms with van der Waals surface area (Å²) in [5.74, 6) is 0.186. The minimum absolute atomic E-state index is 0.186. The second kappa shape index (κ2) is 6.26. The first-order chi connectivity index (χ1) is 6.79. The zero-order chi connectivity index (χ0) is 11.9. The number of rotatable bonds is 2. The van der Waals surface area contributed by atoms with Crippen molar-refractivity contribution < 1.29 is 17.8 Å². The SMILES string of the molecule is CC(=O)Cc1ccncc1.CS(=O)(=O)O. The molecular weight excluding hydrogens is 218 g/mol. The highest BCUT2D eigenvalue weighted by Gasteiger charge is 1.94. The van der Waals surface area contributed by atoms with Gasteiger partial charge < -0.3 is 0 Å². The van der Waals surface area contributed by atoms with Gasteiger partial charge in [-0.05, 0) is 24.6 Å². The van der Waals surface area contributed by atoms with Gasteiger partial charge in [-0.2, -0.15) is 8.42 Å². The molecule has 0 amide bonds. The monoisotopic (exact) mass is 231 g/mol. The van der Waals surface area contributed by atoms with Crippen molar-refractivity contribution in [1.29, 1.82) is 0 Å². The number of carbonyl (C=O) groups is 1. The lowest BCUT2D eigenvalue weighted by Crippen LogP contribution is -1.95. The Kier molecular flexibility index (Phi) is 5.73. The van der Waals surface area contributed by atoms with E-state index in [0.29, 0.717) is 12.7 Å². The summed E-state index contributed by atoms with van der Waals surface area (Å²) in [4.78, 5) is 14.4. The number of carbonyl (C=O) groups excluding carboxylic acids is 1. The second-order valence-electron chi connectivity index (χ2n) is 2.97. The Balaban J connectivity index is 0.000000336. The third-order valence-corrected chi connectivity index (χ3v) is 1.20. The third kappa shape index (κ3) is 12.7. The zero-order valence-corrected chi connectivity index (χ0v) is 9.36. The van der Waals surface area contributed by atoms with Crippen molar-refractivity contribution in [2.75, 3.05) is 6.26 Å². The Hall–Kier alpha value is -1.27. The smallest absolute Gasteiger partial charge is 0.261 e. The molecule has 1 aromatic rings. The van der Waals surface area contributed by atoms with Crippen molar-refractivity contribution in [2.45, 2.75) is 13.3 Å².